The predicted octanol–water partition coefficient (Wildman–Crippen LogP) is 3.85. The average Bonchev–Trinajstić information content (AvgIpc) is 3.17. The molecule has 5 heteroatoms. The largest absolute Gasteiger partial charge is 0.381 e. The van der Waals surface area contributed by atoms with Crippen LogP contribution in [0.1, 0.15) is 24.0 Å². The van der Waals surface area contributed by atoms with Gasteiger partial charge < -0.3 is 10.1 Å². The Morgan fingerprint density at radius 3 is 2.71 bits per heavy atom. The van der Waals surface area contributed by atoms with Crippen molar-refractivity contribution in [2.24, 2.45) is 0 Å². The van der Waals surface area contributed by atoms with Gasteiger partial charge in [-0.15, -0.1) is 11.8 Å². The molecule has 1 aliphatic rings. The second-order valence-corrected chi connectivity index (χ2v) is 7.93. The first kappa shape index (κ1) is 17.5. The van der Waals surface area contributed by atoms with E-state index >= 15 is 0 Å². The van der Waals surface area contributed by atoms with E-state index in [1.54, 1.807) is 23.1 Å². The van der Waals surface area contributed by atoms with Crippen LogP contribution >= 0.6 is 23.1 Å². The molecule has 1 amide bonds. The van der Waals surface area contributed by atoms with Gasteiger partial charge in [-0.05, 0) is 40.8 Å². The Hall–Kier alpha value is -1.30. The zero-order valence-electron chi connectivity index (χ0n) is 13.7. The molecule has 1 fully saturated rings. The maximum absolute atomic E-state index is 12.2. The van der Waals surface area contributed by atoms with Crippen molar-refractivity contribution >= 4 is 29.0 Å². The van der Waals surface area contributed by atoms with E-state index in [0.29, 0.717) is 12.3 Å². The van der Waals surface area contributed by atoms with Crippen molar-refractivity contribution < 1.29 is 9.53 Å². The molecule has 1 N–H and O–H groups in total. The standard InChI is InChI=1S/C19H23NO2S2/c21-18(14-24-12-16-4-2-1-3-5-16)20-15-19(7-9-22-10-8-19)17-6-11-23-13-17/h1-6,11,13H,7-10,12,14-15H2,(H,20,21). The maximum Gasteiger partial charge on any atom is 0.230 e. The quantitative estimate of drug-likeness (QED) is 0.814. The van der Waals surface area contributed by atoms with Gasteiger partial charge in [0.05, 0.1) is 5.75 Å². The van der Waals surface area contributed by atoms with Gasteiger partial charge in [0.2, 0.25) is 5.91 Å². The molecule has 0 spiro atoms. The van der Waals surface area contributed by atoms with Gasteiger partial charge >= 0.3 is 0 Å². The average molecular weight is 362 g/mol. The summed E-state index contributed by atoms with van der Waals surface area (Å²) in [6, 6.07) is 12.5. The minimum Gasteiger partial charge on any atom is -0.381 e. The number of rotatable bonds is 7. The first-order valence-corrected chi connectivity index (χ1v) is 10.4. The van der Waals surface area contributed by atoms with Crippen molar-refractivity contribution in [1.82, 2.24) is 5.32 Å². The van der Waals surface area contributed by atoms with Gasteiger partial charge in [-0.25, -0.2) is 0 Å². The van der Waals surface area contributed by atoms with Gasteiger partial charge in [-0.2, -0.15) is 11.3 Å². The Morgan fingerprint density at radius 2 is 2.00 bits per heavy atom. The molecule has 0 aliphatic carbocycles. The SMILES string of the molecule is O=C(CSCc1ccccc1)NCC1(c2ccsc2)CCOCC1. The maximum atomic E-state index is 12.2. The van der Waals surface area contributed by atoms with Gasteiger partial charge in [-0.1, -0.05) is 30.3 Å². The molecule has 0 bridgehead atoms. The molecule has 0 radical (unpaired) electrons. The lowest BCUT2D eigenvalue weighted by Crippen LogP contribution is -2.44. The monoisotopic (exact) mass is 361 g/mol. The van der Waals surface area contributed by atoms with E-state index in [-0.39, 0.29) is 11.3 Å². The van der Waals surface area contributed by atoms with E-state index in [1.165, 1.54) is 11.1 Å². The molecular weight excluding hydrogens is 338 g/mol. The Balaban J connectivity index is 1.48. The molecule has 24 heavy (non-hydrogen) atoms. The molecule has 3 nitrogen and oxygen atoms in total. The topological polar surface area (TPSA) is 38.3 Å². The summed E-state index contributed by atoms with van der Waals surface area (Å²) < 4.78 is 5.53. The van der Waals surface area contributed by atoms with Crippen LogP contribution in [0.15, 0.2) is 47.2 Å². The first-order valence-electron chi connectivity index (χ1n) is 8.27. The number of thioether (sulfide) groups is 1. The third-order valence-electron chi connectivity index (χ3n) is 4.55. The lowest BCUT2D eigenvalue weighted by atomic mass is 9.75. The van der Waals surface area contributed by atoms with Gasteiger partial charge in [0.15, 0.2) is 0 Å². The lowest BCUT2D eigenvalue weighted by molar-refractivity contribution is -0.119. The highest BCUT2D eigenvalue weighted by atomic mass is 32.2. The smallest absolute Gasteiger partial charge is 0.230 e. The summed E-state index contributed by atoms with van der Waals surface area (Å²) in [5.74, 6) is 1.50. The lowest BCUT2D eigenvalue weighted by Gasteiger charge is -2.37. The number of ether oxygens (including phenoxy) is 1. The highest BCUT2D eigenvalue weighted by molar-refractivity contribution is 7.99. The number of carbonyl (C=O) groups is 1. The minimum atomic E-state index is 0.0397. The summed E-state index contributed by atoms with van der Waals surface area (Å²) in [5.41, 5.74) is 2.64. The summed E-state index contributed by atoms with van der Waals surface area (Å²) in [7, 11) is 0. The summed E-state index contributed by atoms with van der Waals surface area (Å²) >= 11 is 3.38. The van der Waals surface area contributed by atoms with Crippen molar-refractivity contribution in [3.63, 3.8) is 0 Å². The zero-order chi connectivity index (χ0) is 16.7. The third kappa shape index (κ3) is 4.62. The molecule has 0 unspecified atom stereocenters. The van der Waals surface area contributed by atoms with Crippen LogP contribution in [0.2, 0.25) is 0 Å². The van der Waals surface area contributed by atoms with E-state index in [2.05, 4.69) is 34.3 Å². The number of amides is 1. The molecule has 1 aliphatic heterocycles. The molecule has 2 aromatic rings. The van der Waals surface area contributed by atoms with Crippen LogP contribution in [0.25, 0.3) is 0 Å². The van der Waals surface area contributed by atoms with E-state index in [1.807, 2.05) is 18.2 Å². The van der Waals surface area contributed by atoms with Crippen molar-refractivity contribution in [1.29, 1.82) is 0 Å². The van der Waals surface area contributed by atoms with Gasteiger partial charge in [0.25, 0.3) is 0 Å². The molecule has 1 aromatic carbocycles. The van der Waals surface area contributed by atoms with Crippen LogP contribution in [0.4, 0.5) is 0 Å². The summed E-state index contributed by atoms with van der Waals surface area (Å²) in [5, 5.41) is 7.48. The van der Waals surface area contributed by atoms with Crippen molar-refractivity contribution in [2.75, 3.05) is 25.5 Å². The highest BCUT2D eigenvalue weighted by Crippen LogP contribution is 2.35. The van der Waals surface area contributed by atoms with Crippen LogP contribution in [0, 0.1) is 0 Å². The van der Waals surface area contributed by atoms with Crippen LogP contribution in [0.3, 0.4) is 0 Å². The second kappa shape index (κ2) is 8.70. The summed E-state index contributed by atoms with van der Waals surface area (Å²) in [6.07, 6.45) is 1.95. The summed E-state index contributed by atoms with van der Waals surface area (Å²) in [4.78, 5) is 12.2. The fourth-order valence-corrected chi connectivity index (χ4v) is 4.65. The Kier molecular flexibility index (Phi) is 6.35. The van der Waals surface area contributed by atoms with Crippen LogP contribution in [0.5, 0.6) is 0 Å². The second-order valence-electron chi connectivity index (χ2n) is 6.16. The number of hydrogen-bond acceptors (Lipinski definition) is 4. The Bertz CT molecular complexity index is 622. The van der Waals surface area contributed by atoms with Crippen LogP contribution in [-0.2, 0) is 20.7 Å². The Morgan fingerprint density at radius 1 is 1.21 bits per heavy atom. The van der Waals surface area contributed by atoms with Crippen molar-refractivity contribution in [3.05, 3.63) is 58.3 Å². The predicted molar refractivity (Wildman–Crippen MR) is 102 cm³/mol. The molecule has 0 saturated carbocycles. The first-order chi connectivity index (χ1) is 11.8. The van der Waals surface area contributed by atoms with Gasteiger partial charge in [0, 0.05) is 30.9 Å². The number of nitrogens with one attached hydrogen (secondary N) is 1. The highest BCUT2D eigenvalue weighted by Gasteiger charge is 2.35. The molecular formula is C19H23NO2S2. The van der Waals surface area contributed by atoms with Gasteiger partial charge in [0.1, 0.15) is 0 Å². The number of carbonyl (C=O) groups excluding carboxylic acids is 1. The molecule has 128 valence electrons. The third-order valence-corrected chi connectivity index (χ3v) is 6.24. The van der Waals surface area contributed by atoms with Crippen molar-refractivity contribution in [2.45, 2.75) is 24.0 Å². The number of benzene rings is 1. The summed E-state index contributed by atoms with van der Waals surface area (Å²) in [6.45, 7) is 2.25. The molecule has 1 saturated heterocycles. The molecule has 3 rings (SSSR count). The minimum absolute atomic E-state index is 0.0397. The fourth-order valence-electron chi connectivity index (χ4n) is 3.05. The number of thiophene rings is 1. The normalized spacial score (nSPS) is 16.7. The van der Waals surface area contributed by atoms with Crippen LogP contribution < -0.4 is 5.32 Å². The molecule has 2 heterocycles. The zero-order valence-corrected chi connectivity index (χ0v) is 15.3. The van der Waals surface area contributed by atoms with E-state index < -0.39 is 0 Å². The van der Waals surface area contributed by atoms with Crippen LogP contribution in [-0.4, -0.2) is 31.4 Å². The Labute approximate surface area is 151 Å². The molecule has 0 atom stereocenters. The van der Waals surface area contributed by atoms with E-state index in [9.17, 15) is 4.79 Å². The van der Waals surface area contributed by atoms with Crippen molar-refractivity contribution in [3.8, 4) is 0 Å². The van der Waals surface area contributed by atoms with E-state index in [4.69, 9.17) is 4.74 Å². The molecule has 1 aromatic heterocycles. The fraction of sp³-hybridized carbons (Fsp3) is 0.421. The van der Waals surface area contributed by atoms with E-state index in [0.717, 1.165) is 31.8 Å². The van der Waals surface area contributed by atoms with Gasteiger partial charge in [-0.3, -0.25) is 4.79 Å². The number of hydrogen-bond donors (Lipinski definition) is 1.